The molecule has 1 aromatic carbocycles. The van der Waals surface area contributed by atoms with Crippen LogP contribution in [0.2, 0.25) is 0 Å². The van der Waals surface area contributed by atoms with Gasteiger partial charge >= 0.3 is 0 Å². The van der Waals surface area contributed by atoms with E-state index in [1.165, 1.54) is 0 Å². The van der Waals surface area contributed by atoms with Crippen molar-refractivity contribution in [2.45, 2.75) is 26.3 Å². The predicted molar refractivity (Wildman–Crippen MR) is 90.8 cm³/mol. The summed E-state index contributed by atoms with van der Waals surface area (Å²) in [6.45, 7) is 5.45. The van der Waals surface area contributed by atoms with E-state index in [2.05, 4.69) is 10.2 Å². The molecule has 1 heterocycles. The summed E-state index contributed by atoms with van der Waals surface area (Å²) in [7, 11) is 1.68. The highest BCUT2D eigenvalue weighted by atomic mass is 16.2. The van der Waals surface area contributed by atoms with Crippen molar-refractivity contribution in [3.63, 3.8) is 0 Å². The Bertz CT molecular complexity index is 510. The van der Waals surface area contributed by atoms with E-state index in [-0.39, 0.29) is 17.7 Å². The van der Waals surface area contributed by atoms with E-state index in [0.717, 1.165) is 31.5 Å². The number of hydrogen-bond donors (Lipinski definition) is 1. The molecule has 5 nitrogen and oxygen atoms in total. The van der Waals surface area contributed by atoms with Crippen molar-refractivity contribution >= 4 is 11.8 Å². The third-order valence-electron chi connectivity index (χ3n) is 4.51. The normalized spacial score (nSPS) is 16.1. The van der Waals surface area contributed by atoms with Crippen LogP contribution in [0.5, 0.6) is 0 Å². The van der Waals surface area contributed by atoms with Crippen molar-refractivity contribution in [2.24, 2.45) is 5.92 Å². The summed E-state index contributed by atoms with van der Waals surface area (Å²) in [5.74, 6) is 0.378. The van der Waals surface area contributed by atoms with E-state index in [4.69, 9.17) is 0 Å². The topological polar surface area (TPSA) is 52.7 Å². The Labute approximate surface area is 138 Å². The number of likely N-dealkylation sites (tertiary alicyclic amines) is 1. The van der Waals surface area contributed by atoms with Gasteiger partial charge < -0.3 is 10.2 Å². The molecule has 0 saturated carbocycles. The molecule has 0 unspecified atom stereocenters. The fraction of sp³-hybridized carbons (Fsp3) is 0.556. The molecule has 2 amide bonds. The highest BCUT2D eigenvalue weighted by Crippen LogP contribution is 2.17. The number of rotatable bonds is 6. The highest BCUT2D eigenvalue weighted by Gasteiger charge is 2.26. The van der Waals surface area contributed by atoms with Gasteiger partial charge in [0.25, 0.3) is 0 Å². The van der Waals surface area contributed by atoms with Crippen LogP contribution in [-0.4, -0.2) is 54.8 Å². The molecule has 1 aromatic rings. The van der Waals surface area contributed by atoms with Gasteiger partial charge in [0, 0.05) is 26.1 Å². The minimum atomic E-state index is 0.0953. The first-order chi connectivity index (χ1) is 11.1. The van der Waals surface area contributed by atoms with E-state index in [0.29, 0.717) is 19.6 Å². The Balaban J connectivity index is 1.82. The largest absolute Gasteiger partial charge is 0.359 e. The quantitative estimate of drug-likeness (QED) is 0.865. The summed E-state index contributed by atoms with van der Waals surface area (Å²) in [4.78, 5) is 28.2. The molecule has 23 heavy (non-hydrogen) atoms. The summed E-state index contributed by atoms with van der Waals surface area (Å²) in [5.41, 5.74) is 1.15. The van der Waals surface area contributed by atoms with Gasteiger partial charge in [0.15, 0.2) is 0 Å². The fourth-order valence-corrected chi connectivity index (χ4v) is 3.03. The summed E-state index contributed by atoms with van der Waals surface area (Å²) < 4.78 is 0. The molecule has 2 rings (SSSR count). The van der Waals surface area contributed by atoms with Gasteiger partial charge in [0.05, 0.1) is 6.54 Å². The standard InChI is InChI=1S/C18H27N3O2/c1-3-21(13-15-7-5-4-6-8-15)17(22)14-20-11-9-16(10-12-20)18(23)19-2/h4-8,16H,3,9-14H2,1-2H3,(H,19,23). The van der Waals surface area contributed by atoms with Crippen molar-refractivity contribution in [1.82, 2.24) is 15.1 Å². The number of piperidine rings is 1. The van der Waals surface area contributed by atoms with Crippen LogP contribution < -0.4 is 5.32 Å². The van der Waals surface area contributed by atoms with Crippen LogP contribution >= 0.6 is 0 Å². The van der Waals surface area contributed by atoms with E-state index in [1.54, 1.807) is 7.05 Å². The third kappa shape index (κ3) is 5.06. The van der Waals surface area contributed by atoms with Crippen LogP contribution in [0.4, 0.5) is 0 Å². The van der Waals surface area contributed by atoms with Gasteiger partial charge in [-0.25, -0.2) is 0 Å². The minimum Gasteiger partial charge on any atom is -0.359 e. The van der Waals surface area contributed by atoms with E-state index in [1.807, 2.05) is 42.2 Å². The van der Waals surface area contributed by atoms with Crippen molar-refractivity contribution in [1.29, 1.82) is 0 Å². The average molecular weight is 317 g/mol. The average Bonchev–Trinajstić information content (AvgIpc) is 2.60. The summed E-state index contributed by atoms with van der Waals surface area (Å²) in [6.07, 6.45) is 1.66. The first-order valence-corrected chi connectivity index (χ1v) is 8.39. The smallest absolute Gasteiger partial charge is 0.237 e. The lowest BCUT2D eigenvalue weighted by molar-refractivity contribution is -0.133. The molecule has 5 heteroatoms. The van der Waals surface area contributed by atoms with Gasteiger partial charge in [-0.05, 0) is 38.4 Å². The van der Waals surface area contributed by atoms with Crippen molar-refractivity contribution in [3.8, 4) is 0 Å². The SMILES string of the molecule is CCN(Cc1ccccc1)C(=O)CN1CCC(C(=O)NC)CC1. The Kier molecular flexibility index (Phi) is 6.59. The lowest BCUT2D eigenvalue weighted by Gasteiger charge is -2.32. The first-order valence-electron chi connectivity index (χ1n) is 8.39. The molecule has 126 valence electrons. The molecule has 1 N–H and O–H groups in total. The monoisotopic (exact) mass is 317 g/mol. The molecule has 0 bridgehead atoms. The van der Waals surface area contributed by atoms with Crippen LogP contribution in [0.1, 0.15) is 25.3 Å². The summed E-state index contributed by atoms with van der Waals surface area (Å²) in [6, 6.07) is 10.1. The second-order valence-electron chi connectivity index (χ2n) is 6.06. The number of carbonyl (C=O) groups excluding carboxylic acids is 2. The molecule has 1 fully saturated rings. The molecule has 1 saturated heterocycles. The van der Waals surface area contributed by atoms with Crippen LogP contribution in [0, 0.1) is 5.92 Å². The molecule has 1 aliphatic heterocycles. The van der Waals surface area contributed by atoms with Gasteiger partial charge in [-0.1, -0.05) is 30.3 Å². The Hall–Kier alpha value is -1.88. The maximum atomic E-state index is 12.5. The van der Waals surface area contributed by atoms with Crippen molar-refractivity contribution in [3.05, 3.63) is 35.9 Å². The van der Waals surface area contributed by atoms with Crippen LogP contribution in [0.15, 0.2) is 30.3 Å². The summed E-state index contributed by atoms with van der Waals surface area (Å²) in [5, 5.41) is 2.71. The maximum absolute atomic E-state index is 12.5. The number of nitrogens with one attached hydrogen (secondary N) is 1. The Morgan fingerprint density at radius 2 is 1.87 bits per heavy atom. The number of benzene rings is 1. The molecule has 1 aliphatic rings. The lowest BCUT2D eigenvalue weighted by Crippen LogP contribution is -2.45. The van der Waals surface area contributed by atoms with Gasteiger partial charge in [-0.3, -0.25) is 14.5 Å². The number of likely N-dealkylation sites (N-methyl/N-ethyl adjacent to an activating group) is 1. The van der Waals surface area contributed by atoms with E-state index in [9.17, 15) is 9.59 Å². The molecule has 0 atom stereocenters. The number of hydrogen-bond acceptors (Lipinski definition) is 3. The second-order valence-corrected chi connectivity index (χ2v) is 6.06. The first kappa shape index (κ1) is 17.5. The van der Waals surface area contributed by atoms with Crippen molar-refractivity contribution < 1.29 is 9.59 Å². The second kappa shape index (κ2) is 8.67. The number of nitrogens with zero attached hydrogens (tertiary/aromatic N) is 2. The number of amides is 2. The zero-order chi connectivity index (χ0) is 16.7. The van der Waals surface area contributed by atoms with E-state index >= 15 is 0 Å². The molecule has 0 radical (unpaired) electrons. The molecule has 0 aliphatic carbocycles. The molecular weight excluding hydrogens is 290 g/mol. The Morgan fingerprint density at radius 1 is 1.22 bits per heavy atom. The fourth-order valence-electron chi connectivity index (χ4n) is 3.03. The number of carbonyl (C=O) groups is 2. The summed E-state index contributed by atoms with van der Waals surface area (Å²) >= 11 is 0. The van der Waals surface area contributed by atoms with Crippen LogP contribution in [-0.2, 0) is 16.1 Å². The van der Waals surface area contributed by atoms with Gasteiger partial charge in [-0.2, -0.15) is 0 Å². The zero-order valence-electron chi connectivity index (χ0n) is 14.1. The third-order valence-corrected chi connectivity index (χ3v) is 4.51. The van der Waals surface area contributed by atoms with Gasteiger partial charge in [0.1, 0.15) is 0 Å². The molecule has 0 aromatic heterocycles. The lowest BCUT2D eigenvalue weighted by atomic mass is 9.96. The minimum absolute atomic E-state index is 0.0953. The molecular formula is C18H27N3O2. The maximum Gasteiger partial charge on any atom is 0.237 e. The van der Waals surface area contributed by atoms with Crippen LogP contribution in [0.25, 0.3) is 0 Å². The Morgan fingerprint density at radius 3 is 2.43 bits per heavy atom. The zero-order valence-corrected chi connectivity index (χ0v) is 14.1. The predicted octanol–water partition coefficient (Wildman–Crippen LogP) is 1.49. The highest BCUT2D eigenvalue weighted by molar-refractivity contribution is 5.79. The molecule has 0 spiro atoms. The van der Waals surface area contributed by atoms with Gasteiger partial charge in [-0.15, -0.1) is 0 Å². The van der Waals surface area contributed by atoms with Gasteiger partial charge in [0.2, 0.25) is 11.8 Å². The van der Waals surface area contributed by atoms with Crippen molar-refractivity contribution in [2.75, 3.05) is 33.2 Å². The van der Waals surface area contributed by atoms with Crippen LogP contribution in [0.3, 0.4) is 0 Å². The van der Waals surface area contributed by atoms with E-state index < -0.39 is 0 Å².